The van der Waals surface area contributed by atoms with Crippen molar-refractivity contribution in [1.29, 1.82) is 0 Å². The third kappa shape index (κ3) is 3.65. The molecule has 2 rings (SSSR count). The topological polar surface area (TPSA) is 29.5 Å². The number of hydrogen-bond donors (Lipinski definition) is 0. The first-order valence-electron chi connectivity index (χ1n) is 6.21. The number of carbonyl (C=O) groups excluding carboxylic acids is 1. The number of morpholine rings is 1. The van der Waals surface area contributed by atoms with Crippen molar-refractivity contribution >= 4 is 6.29 Å². The van der Waals surface area contributed by atoms with Gasteiger partial charge >= 0.3 is 0 Å². The standard InChI is InChI=1S/C14H19NO2/c16-12-14(15-8-10-17-11-9-15)7-6-13-4-2-1-3-5-13/h1-5,12,14H,6-11H2. The molecule has 1 unspecified atom stereocenters. The predicted octanol–water partition coefficient (Wildman–Crippen LogP) is 1.52. The third-order valence-corrected chi connectivity index (χ3v) is 3.24. The molecule has 0 aliphatic carbocycles. The van der Waals surface area contributed by atoms with Crippen LogP contribution in [-0.4, -0.2) is 43.5 Å². The van der Waals surface area contributed by atoms with Gasteiger partial charge in [0.05, 0.1) is 19.3 Å². The van der Waals surface area contributed by atoms with Gasteiger partial charge in [-0.1, -0.05) is 30.3 Å². The number of hydrogen-bond acceptors (Lipinski definition) is 3. The normalized spacial score (nSPS) is 18.8. The van der Waals surface area contributed by atoms with Gasteiger partial charge < -0.3 is 9.53 Å². The number of rotatable bonds is 5. The highest BCUT2D eigenvalue weighted by Gasteiger charge is 2.19. The van der Waals surface area contributed by atoms with Crippen LogP contribution in [0.15, 0.2) is 30.3 Å². The second kappa shape index (κ2) is 6.52. The number of carbonyl (C=O) groups is 1. The van der Waals surface area contributed by atoms with Crippen LogP contribution in [0.25, 0.3) is 0 Å². The third-order valence-electron chi connectivity index (χ3n) is 3.24. The Bertz CT molecular complexity index is 333. The van der Waals surface area contributed by atoms with E-state index in [4.69, 9.17) is 4.74 Å². The van der Waals surface area contributed by atoms with E-state index < -0.39 is 0 Å². The van der Waals surface area contributed by atoms with Crippen molar-refractivity contribution in [3.8, 4) is 0 Å². The lowest BCUT2D eigenvalue weighted by molar-refractivity contribution is -0.114. The van der Waals surface area contributed by atoms with E-state index in [0.29, 0.717) is 0 Å². The fourth-order valence-corrected chi connectivity index (χ4v) is 2.21. The summed E-state index contributed by atoms with van der Waals surface area (Å²) in [5.74, 6) is 0. The maximum Gasteiger partial charge on any atom is 0.137 e. The fourth-order valence-electron chi connectivity index (χ4n) is 2.21. The summed E-state index contributed by atoms with van der Waals surface area (Å²) >= 11 is 0. The highest BCUT2D eigenvalue weighted by molar-refractivity contribution is 5.57. The highest BCUT2D eigenvalue weighted by Crippen LogP contribution is 2.10. The summed E-state index contributed by atoms with van der Waals surface area (Å²) in [6.07, 6.45) is 2.93. The van der Waals surface area contributed by atoms with Crippen molar-refractivity contribution < 1.29 is 9.53 Å². The Morgan fingerprint density at radius 2 is 1.94 bits per heavy atom. The Morgan fingerprint density at radius 1 is 1.24 bits per heavy atom. The minimum absolute atomic E-state index is 0.0408. The highest BCUT2D eigenvalue weighted by atomic mass is 16.5. The largest absolute Gasteiger partial charge is 0.379 e. The molecule has 0 N–H and O–H groups in total. The number of benzene rings is 1. The van der Waals surface area contributed by atoms with Crippen molar-refractivity contribution in [1.82, 2.24) is 4.90 Å². The second-order valence-electron chi connectivity index (χ2n) is 4.38. The lowest BCUT2D eigenvalue weighted by atomic mass is 10.0. The SMILES string of the molecule is O=CC(CCc1ccccc1)N1CCOCC1. The molecule has 3 heteroatoms. The van der Waals surface area contributed by atoms with E-state index in [1.165, 1.54) is 5.56 Å². The zero-order valence-corrected chi connectivity index (χ0v) is 10.0. The molecule has 3 nitrogen and oxygen atoms in total. The smallest absolute Gasteiger partial charge is 0.137 e. The summed E-state index contributed by atoms with van der Waals surface area (Å²) in [5, 5.41) is 0. The number of nitrogens with zero attached hydrogens (tertiary/aromatic N) is 1. The van der Waals surface area contributed by atoms with Gasteiger partial charge in [0, 0.05) is 13.1 Å². The molecule has 1 aliphatic rings. The van der Waals surface area contributed by atoms with Gasteiger partial charge in [-0.25, -0.2) is 0 Å². The van der Waals surface area contributed by atoms with E-state index in [1.54, 1.807) is 0 Å². The summed E-state index contributed by atoms with van der Waals surface area (Å²) in [6, 6.07) is 10.4. The fraction of sp³-hybridized carbons (Fsp3) is 0.500. The van der Waals surface area contributed by atoms with Crippen molar-refractivity contribution in [2.45, 2.75) is 18.9 Å². The summed E-state index contributed by atoms with van der Waals surface area (Å²) in [4.78, 5) is 13.4. The molecule has 1 aliphatic heterocycles. The Hall–Kier alpha value is -1.19. The van der Waals surface area contributed by atoms with E-state index in [2.05, 4.69) is 17.0 Å². The molecule has 1 aromatic rings. The minimum Gasteiger partial charge on any atom is -0.379 e. The van der Waals surface area contributed by atoms with Crippen LogP contribution < -0.4 is 0 Å². The van der Waals surface area contributed by atoms with Gasteiger partial charge in [-0.2, -0.15) is 0 Å². The molecular formula is C14H19NO2. The molecule has 1 heterocycles. The Morgan fingerprint density at radius 3 is 2.59 bits per heavy atom. The van der Waals surface area contributed by atoms with Crippen molar-refractivity contribution in [2.24, 2.45) is 0 Å². The summed E-state index contributed by atoms with van der Waals surface area (Å²) < 4.78 is 5.30. The van der Waals surface area contributed by atoms with Crippen LogP contribution in [0.1, 0.15) is 12.0 Å². The first-order chi connectivity index (χ1) is 8.40. The summed E-state index contributed by atoms with van der Waals surface area (Å²) in [5.41, 5.74) is 1.30. The van der Waals surface area contributed by atoms with Crippen LogP contribution in [0.4, 0.5) is 0 Å². The maximum atomic E-state index is 11.1. The van der Waals surface area contributed by atoms with Crippen LogP contribution in [0, 0.1) is 0 Å². The molecule has 1 fully saturated rings. The molecular weight excluding hydrogens is 214 g/mol. The molecule has 0 aromatic heterocycles. The molecule has 0 amide bonds. The average molecular weight is 233 g/mol. The van der Waals surface area contributed by atoms with E-state index in [-0.39, 0.29) is 6.04 Å². The van der Waals surface area contributed by atoms with E-state index >= 15 is 0 Å². The Kier molecular flexibility index (Phi) is 4.71. The van der Waals surface area contributed by atoms with Crippen LogP contribution >= 0.6 is 0 Å². The molecule has 1 aromatic carbocycles. The van der Waals surface area contributed by atoms with Crippen LogP contribution in [0.2, 0.25) is 0 Å². The van der Waals surface area contributed by atoms with Gasteiger partial charge in [-0.05, 0) is 18.4 Å². The second-order valence-corrected chi connectivity index (χ2v) is 4.38. The average Bonchev–Trinajstić information content (AvgIpc) is 2.42. The van der Waals surface area contributed by atoms with E-state index in [1.807, 2.05) is 18.2 Å². The molecule has 0 radical (unpaired) electrons. The van der Waals surface area contributed by atoms with Crippen LogP contribution in [-0.2, 0) is 16.0 Å². The molecule has 0 saturated carbocycles. The molecule has 1 atom stereocenters. The number of aldehydes is 1. The molecule has 17 heavy (non-hydrogen) atoms. The minimum atomic E-state index is 0.0408. The monoisotopic (exact) mass is 233 g/mol. The van der Waals surface area contributed by atoms with Gasteiger partial charge in [-0.15, -0.1) is 0 Å². The lowest BCUT2D eigenvalue weighted by Crippen LogP contribution is -2.44. The van der Waals surface area contributed by atoms with Gasteiger partial charge in [0.2, 0.25) is 0 Å². The molecule has 1 saturated heterocycles. The van der Waals surface area contributed by atoms with Crippen molar-refractivity contribution in [3.63, 3.8) is 0 Å². The van der Waals surface area contributed by atoms with Crippen molar-refractivity contribution in [3.05, 3.63) is 35.9 Å². The van der Waals surface area contributed by atoms with Gasteiger partial charge in [0.15, 0.2) is 0 Å². The van der Waals surface area contributed by atoms with Gasteiger partial charge in [0.1, 0.15) is 6.29 Å². The van der Waals surface area contributed by atoms with E-state index in [9.17, 15) is 4.79 Å². The van der Waals surface area contributed by atoms with Gasteiger partial charge in [-0.3, -0.25) is 4.90 Å². The zero-order valence-electron chi connectivity index (χ0n) is 10.0. The predicted molar refractivity (Wildman–Crippen MR) is 67.0 cm³/mol. The lowest BCUT2D eigenvalue weighted by Gasteiger charge is -2.31. The van der Waals surface area contributed by atoms with Crippen LogP contribution in [0.5, 0.6) is 0 Å². The Balaban J connectivity index is 1.85. The zero-order chi connectivity index (χ0) is 11.9. The molecule has 92 valence electrons. The van der Waals surface area contributed by atoms with Crippen molar-refractivity contribution in [2.75, 3.05) is 26.3 Å². The van der Waals surface area contributed by atoms with Gasteiger partial charge in [0.25, 0.3) is 0 Å². The first-order valence-corrected chi connectivity index (χ1v) is 6.21. The quantitative estimate of drug-likeness (QED) is 0.722. The maximum absolute atomic E-state index is 11.1. The Labute approximate surface area is 102 Å². The first kappa shape index (κ1) is 12.3. The van der Waals surface area contributed by atoms with Crippen LogP contribution in [0.3, 0.4) is 0 Å². The van der Waals surface area contributed by atoms with E-state index in [0.717, 1.165) is 45.4 Å². The molecule has 0 bridgehead atoms. The summed E-state index contributed by atoms with van der Waals surface area (Å²) in [7, 11) is 0. The summed E-state index contributed by atoms with van der Waals surface area (Å²) in [6.45, 7) is 3.24. The number of aryl methyl sites for hydroxylation is 1. The molecule has 0 spiro atoms. The number of ether oxygens (including phenoxy) is 1.